The molecule has 0 bridgehead atoms. The van der Waals surface area contributed by atoms with Crippen LogP contribution in [-0.2, 0) is 0 Å². The summed E-state index contributed by atoms with van der Waals surface area (Å²) < 4.78 is 0.788. The van der Waals surface area contributed by atoms with Gasteiger partial charge in [0.1, 0.15) is 0 Å². The minimum absolute atomic E-state index is 0.110. The van der Waals surface area contributed by atoms with Crippen molar-refractivity contribution < 1.29 is 9.90 Å². The van der Waals surface area contributed by atoms with Crippen LogP contribution in [0.2, 0.25) is 0 Å². The van der Waals surface area contributed by atoms with Gasteiger partial charge in [-0.2, -0.15) is 0 Å². The largest absolute Gasteiger partial charge is 0.545 e. The van der Waals surface area contributed by atoms with E-state index in [1.807, 2.05) is 12.1 Å². The molecule has 1 aromatic heterocycles. The lowest BCUT2D eigenvalue weighted by atomic mass is 10.0. The van der Waals surface area contributed by atoms with Crippen LogP contribution in [0.5, 0.6) is 0 Å². The summed E-state index contributed by atoms with van der Waals surface area (Å²) >= 11 is 3.33. The first-order valence-electron chi connectivity index (χ1n) is 6.22. The van der Waals surface area contributed by atoms with E-state index < -0.39 is 5.97 Å². The molecular formula is C16H10BrN2O2-. The van der Waals surface area contributed by atoms with Crippen LogP contribution in [0.25, 0.3) is 22.2 Å². The summed E-state index contributed by atoms with van der Waals surface area (Å²) in [6.07, 6.45) is 0. The Kier molecular flexibility index (Phi) is 3.35. The van der Waals surface area contributed by atoms with Crippen molar-refractivity contribution >= 4 is 38.5 Å². The molecule has 2 N–H and O–H groups in total. The van der Waals surface area contributed by atoms with Crippen molar-refractivity contribution in [2.75, 3.05) is 5.73 Å². The normalized spacial score (nSPS) is 10.7. The number of carboxylic acid groups (broad SMARTS) is 1. The molecule has 0 unspecified atom stereocenters. The van der Waals surface area contributed by atoms with Gasteiger partial charge in [-0.05, 0) is 36.4 Å². The van der Waals surface area contributed by atoms with Crippen molar-refractivity contribution in [3.63, 3.8) is 0 Å². The molecule has 104 valence electrons. The second-order valence-corrected chi connectivity index (χ2v) is 5.55. The van der Waals surface area contributed by atoms with E-state index in [-0.39, 0.29) is 5.56 Å². The minimum Gasteiger partial charge on any atom is -0.545 e. The average molecular weight is 342 g/mol. The SMILES string of the molecule is Nc1cccc(-c2cc(C(=O)[O-])c3cc(Br)ccc3n2)c1. The molecule has 3 rings (SSSR count). The molecule has 0 radical (unpaired) electrons. The lowest BCUT2D eigenvalue weighted by Gasteiger charge is -2.11. The van der Waals surface area contributed by atoms with E-state index in [9.17, 15) is 9.90 Å². The number of carboxylic acids is 1. The van der Waals surface area contributed by atoms with Gasteiger partial charge in [0.15, 0.2) is 0 Å². The van der Waals surface area contributed by atoms with Crippen molar-refractivity contribution in [3.8, 4) is 11.3 Å². The minimum atomic E-state index is -1.23. The number of hydrogen-bond donors (Lipinski definition) is 1. The predicted molar refractivity (Wildman–Crippen MR) is 83.6 cm³/mol. The van der Waals surface area contributed by atoms with E-state index in [0.717, 1.165) is 10.0 Å². The van der Waals surface area contributed by atoms with Gasteiger partial charge in [0.05, 0.1) is 17.2 Å². The van der Waals surface area contributed by atoms with Crippen molar-refractivity contribution in [2.24, 2.45) is 0 Å². The van der Waals surface area contributed by atoms with Crippen LogP contribution in [0.3, 0.4) is 0 Å². The van der Waals surface area contributed by atoms with Gasteiger partial charge in [0.25, 0.3) is 0 Å². The smallest absolute Gasteiger partial charge is 0.0722 e. The number of nitrogen functional groups attached to an aromatic ring is 1. The van der Waals surface area contributed by atoms with E-state index in [2.05, 4.69) is 20.9 Å². The van der Waals surface area contributed by atoms with Crippen molar-refractivity contribution in [3.05, 3.63) is 58.6 Å². The Morgan fingerprint density at radius 1 is 1.14 bits per heavy atom. The molecule has 0 saturated carbocycles. The van der Waals surface area contributed by atoms with Gasteiger partial charge in [-0.15, -0.1) is 0 Å². The Morgan fingerprint density at radius 3 is 2.67 bits per heavy atom. The number of pyridine rings is 1. The van der Waals surface area contributed by atoms with Crippen LogP contribution in [-0.4, -0.2) is 11.0 Å². The second-order valence-electron chi connectivity index (χ2n) is 4.63. The predicted octanol–water partition coefficient (Wildman–Crippen LogP) is 2.61. The number of rotatable bonds is 2. The summed E-state index contributed by atoms with van der Waals surface area (Å²) in [5.41, 5.74) is 8.38. The molecule has 1 heterocycles. The van der Waals surface area contributed by atoms with Crippen molar-refractivity contribution in [1.29, 1.82) is 0 Å². The molecular weight excluding hydrogens is 332 g/mol. The number of anilines is 1. The van der Waals surface area contributed by atoms with Crippen molar-refractivity contribution in [2.45, 2.75) is 0 Å². The highest BCUT2D eigenvalue weighted by atomic mass is 79.9. The lowest BCUT2D eigenvalue weighted by molar-refractivity contribution is -0.254. The van der Waals surface area contributed by atoms with E-state index in [1.165, 1.54) is 6.07 Å². The Balaban J connectivity index is 2.31. The third kappa shape index (κ3) is 2.60. The molecule has 21 heavy (non-hydrogen) atoms. The fraction of sp³-hybridized carbons (Fsp3) is 0. The topological polar surface area (TPSA) is 79.0 Å². The number of nitrogens with zero attached hydrogens (tertiary/aromatic N) is 1. The molecule has 3 aromatic rings. The zero-order chi connectivity index (χ0) is 15.0. The van der Waals surface area contributed by atoms with Crippen LogP contribution in [0.15, 0.2) is 53.0 Å². The number of hydrogen-bond acceptors (Lipinski definition) is 4. The van der Waals surface area contributed by atoms with Gasteiger partial charge in [-0.3, -0.25) is 0 Å². The highest BCUT2D eigenvalue weighted by molar-refractivity contribution is 9.10. The van der Waals surface area contributed by atoms with E-state index in [1.54, 1.807) is 30.3 Å². The maximum atomic E-state index is 11.4. The third-order valence-electron chi connectivity index (χ3n) is 3.17. The second kappa shape index (κ2) is 5.18. The lowest BCUT2D eigenvalue weighted by Crippen LogP contribution is -2.22. The highest BCUT2D eigenvalue weighted by Crippen LogP contribution is 2.27. The van der Waals surface area contributed by atoms with Gasteiger partial charge in [0.2, 0.25) is 0 Å². The summed E-state index contributed by atoms with van der Waals surface area (Å²) in [6, 6.07) is 14.0. The summed E-state index contributed by atoms with van der Waals surface area (Å²) in [5, 5.41) is 11.9. The molecule has 0 aliphatic rings. The number of fused-ring (bicyclic) bond motifs is 1. The summed E-state index contributed by atoms with van der Waals surface area (Å²) in [7, 11) is 0. The van der Waals surface area contributed by atoms with E-state index >= 15 is 0 Å². The maximum Gasteiger partial charge on any atom is 0.0722 e. The number of carbonyl (C=O) groups excluding carboxylic acids is 1. The molecule has 4 nitrogen and oxygen atoms in total. The van der Waals surface area contributed by atoms with Crippen LogP contribution in [0.1, 0.15) is 10.4 Å². The van der Waals surface area contributed by atoms with Crippen molar-refractivity contribution in [1.82, 2.24) is 4.98 Å². The average Bonchev–Trinajstić information content (AvgIpc) is 2.46. The molecule has 0 amide bonds. The Labute approximate surface area is 129 Å². The molecule has 0 aliphatic heterocycles. The number of carbonyl (C=O) groups is 1. The fourth-order valence-electron chi connectivity index (χ4n) is 2.21. The van der Waals surface area contributed by atoms with Crippen LogP contribution in [0, 0.1) is 0 Å². The zero-order valence-electron chi connectivity index (χ0n) is 10.8. The molecule has 5 heteroatoms. The Hall–Kier alpha value is -2.40. The Bertz CT molecular complexity index is 862. The molecule has 0 saturated heterocycles. The van der Waals surface area contributed by atoms with E-state index in [4.69, 9.17) is 5.73 Å². The van der Waals surface area contributed by atoms with Crippen LogP contribution in [0.4, 0.5) is 5.69 Å². The van der Waals surface area contributed by atoms with Gasteiger partial charge < -0.3 is 15.6 Å². The first kappa shape index (κ1) is 13.6. The molecule has 0 aliphatic carbocycles. The monoisotopic (exact) mass is 341 g/mol. The van der Waals surface area contributed by atoms with Gasteiger partial charge in [-0.1, -0.05) is 28.1 Å². The third-order valence-corrected chi connectivity index (χ3v) is 3.67. The maximum absolute atomic E-state index is 11.4. The Morgan fingerprint density at radius 2 is 1.95 bits per heavy atom. The number of aromatic carboxylic acids is 1. The standard InChI is InChI=1S/C16H11BrN2O2/c17-10-4-5-14-12(7-10)13(16(20)21)8-15(19-14)9-2-1-3-11(18)6-9/h1-8H,18H2,(H,20,21)/p-1. The molecule has 2 aromatic carbocycles. The number of nitrogens with two attached hydrogens (primary N) is 1. The number of aromatic nitrogens is 1. The summed E-state index contributed by atoms with van der Waals surface area (Å²) in [6.45, 7) is 0. The fourth-order valence-corrected chi connectivity index (χ4v) is 2.57. The van der Waals surface area contributed by atoms with Crippen LogP contribution < -0.4 is 10.8 Å². The highest BCUT2D eigenvalue weighted by Gasteiger charge is 2.09. The zero-order valence-corrected chi connectivity index (χ0v) is 12.4. The van der Waals surface area contributed by atoms with E-state index in [0.29, 0.717) is 22.3 Å². The van der Waals surface area contributed by atoms with Gasteiger partial charge in [-0.25, -0.2) is 4.98 Å². The quantitative estimate of drug-likeness (QED) is 0.726. The van der Waals surface area contributed by atoms with Gasteiger partial charge >= 0.3 is 0 Å². The number of halogens is 1. The summed E-state index contributed by atoms with van der Waals surface area (Å²) in [4.78, 5) is 15.9. The van der Waals surface area contributed by atoms with Gasteiger partial charge in [0, 0.05) is 26.7 Å². The van der Waals surface area contributed by atoms with Crippen LogP contribution >= 0.6 is 15.9 Å². The first-order chi connectivity index (χ1) is 10.0. The first-order valence-corrected chi connectivity index (χ1v) is 7.01. The number of benzene rings is 2. The summed E-state index contributed by atoms with van der Waals surface area (Å²) in [5.74, 6) is -1.23. The molecule has 0 atom stereocenters. The molecule has 0 fully saturated rings. The molecule has 0 spiro atoms.